The fraction of sp³-hybridized carbons (Fsp3) is 0.643. The van der Waals surface area contributed by atoms with Crippen molar-refractivity contribution in [1.29, 1.82) is 0 Å². The van der Waals surface area contributed by atoms with E-state index in [-0.39, 0.29) is 0 Å². The normalized spacial score (nSPS) is 17.6. The molecule has 1 aromatic heterocycles. The minimum Gasteiger partial charge on any atom is -0.463 e. The summed E-state index contributed by atoms with van der Waals surface area (Å²) < 4.78 is 9.92. The molecule has 5 heteroatoms. The maximum Gasteiger partial charge on any atom is 0.374 e. The van der Waals surface area contributed by atoms with Crippen LogP contribution in [0.25, 0.3) is 0 Å². The van der Waals surface area contributed by atoms with Gasteiger partial charge in [-0.2, -0.15) is 0 Å². The van der Waals surface area contributed by atoms with Crippen LogP contribution in [0.5, 0.6) is 0 Å². The molecule has 0 unspecified atom stereocenters. The third kappa shape index (κ3) is 3.58. The molecular weight excluding hydrogens is 244 g/mol. The minimum absolute atomic E-state index is 0.333. The molecule has 1 aliphatic rings. The van der Waals surface area contributed by atoms with Gasteiger partial charge < -0.3 is 14.5 Å². The first-order valence-electron chi connectivity index (χ1n) is 6.76. The summed E-state index contributed by atoms with van der Waals surface area (Å²) in [6, 6.07) is 1.85. The van der Waals surface area contributed by atoms with E-state index in [0.717, 1.165) is 37.7 Å². The molecule has 1 fully saturated rings. The van der Waals surface area contributed by atoms with E-state index in [0.29, 0.717) is 5.76 Å². The number of furan rings is 1. The summed E-state index contributed by atoms with van der Waals surface area (Å²) in [4.78, 5) is 13.9. The zero-order chi connectivity index (χ0) is 13.7. The number of carbonyl (C=O) groups excluding carboxylic acids is 1. The summed E-state index contributed by atoms with van der Waals surface area (Å²) >= 11 is 0. The predicted molar refractivity (Wildman–Crippen MR) is 72.0 cm³/mol. The summed E-state index contributed by atoms with van der Waals surface area (Å²) in [7, 11) is 3.37. The molecule has 19 heavy (non-hydrogen) atoms. The smallest absolute Gasteiger partial charge is 0.374 e. The van der Waals surface area contributed by atoms with Gasteiger partial charge in [-0.3, -0.25) is 4.90 Å². The van der Waals surface area contributed by atoms with Gasteiger partial charge in [0.05, 0.1) is 13.4 Å². The number of nitrogens with zero attached hydrogens (tertiary/aromatic N) is 1. The van der Waals surface area contributed by atoms with Gasteiger partial charge in [-0.15, -0.1) is 0 Å². The number of carbonyl (C=O) groups is 1. The summed E-state index contributed by atoms with van der Waals surface area (Å²) in [6.07, 6.45) is 3.95. The Labute approximate surface area is 113 Å². The Morgan fingerprint density at radius 1 is 1.53 bits per heavy atom. The monoisotopic (exact) mass is 266 g/mol. The van der Waals surface area contributed by atoms with Crippen molar-refractivity contribution in [3.05, 3.63) is 23.7 Å². The SMILES string of the molecule is CNCC1CCN(Cc2ccoc2C(=O)OC)CC1. The standard InChI is InChI=1S/C14H22N2O3/c1-15-9-11-3-6-16(7-4-11)10-12-5-8-19-13(12)14(17)18-2/h5,8,11,15H,3-4,6-7,9-10H2,1-2H3. The summed E-state index contributed by atoms with van der Waals surface area (Å²) in [6.45, 7) is 3.98. The molecule has 0 aliphatic carbocycles. The van der Waals surface area contributed by atoms with Gasteiger partial charge >= 0.3 is 5.97 Å². The third-order valence-corrected chi connectivity index (χ3v) is 3.71. The van der Waals surface area contributed by atoms with E-state index in [1.165, 1.54) is 20.0 Å². The van der Waals surface area contributed by atoms with Gasteiger partial charge in [-0.25, -0.2) is 4.79 Å². The molecule has 1 aromatic rings. The van der Waals surface area contributed by atoms with E-state index < -0.39 is 5.97 Å². The van der Waals surface area contributed by atoms with Gasteiger partial charge in [0, 0.05) is 12.1 Å². The Morgan fingerprint density at radius 3 is 2.89 bits per heavy atom. The summed E-state index contributed by atoms with van der Waals surface area (Å²) in [5, 5.41) is 3.23. The number of methoxy groups -OCH3 is 1. The van der Waals surface area contributed by atoms with Gasteiger partial charge in [0.2, 0.25) is 5.76 Å². The molecule has 0 amide bonds. The lowest BCUT2D eigenvalue weighted by molar-refractivity contribution is 0.0561. The molecule has 0 bridgehead atoms. The molecule has 2 rings (SSSR count). The second-order valence-corrected chi connectivity index (χ2v) is 5.04. The third-order valence-electron chi connectivity index (χ3n) is 3.71. The number of hydrogen-bond acceptors (Lipinski definition) is 5. The number of hydrogen-bond donors (Lipinski definition) is 1. The average molecular weight is 266 g/mol. The van der Waals surface area contributed by atoms with E-state index in [2.05, 4.69) is 10.2 Å². The molecule has 1 N–H and O–H groups in total. The minimum atomic E-state index is -0.398. The first-order valence-corrected chi connectivity index (χ1v) is 6.76. The van der Waals surface area contributed by atoms with Gasteiger partial charge in [-0.1, -0.05) is 0 Å². The number of piperidine rings is 1. The van der Waals surface area contributed by atoms with Crippen LogP contribution in [0.15, 0.2) is 16.7 Å². The van der Waals surface area contributed by atoms with Crippen molar-refractivity contribution >= 4 is 5.97 Å². The molecular formula is C14H22N2O3. The Kier molecular flexibility index (Phi) is 4.99. The van der Waals surface area contributed by atoms with Crippen molar-refractivity contribution in [3.8, 4) is 0 Å². The number of likely N-dealkylation sites (tertiary alicyclic amines) is 1. The summed E-state index contributed by atoms with van der Waals surface area (Å²) in [5.41, 5.74) is 0.916. The fourth-order valence-electron chi connectivity index (χ4n) is 2.61. The second-order valence-electron chi connectivity index (χ2n) is 5.04. The first kappa shape index (κ1) is 14.1. The highest BCUT2D eigenvalue weighted by Crippen LogP contribution is 2.20. The molecule has 0 radical (unpaired) electrons. The number of ether oxygens (including phenoxy) is 1. The molecule has 0 spiro atoms. The zero-order valence-electron chi connectivity index (χ0n) is 11.6. The molecule has 1 saturated heterocycles. The largest absolute Gasteiger partial charge is 0.463 e. The van der Waals surface area contributed by atoms with Crippen LogP contribution >= 0.6 is 0 Å². The highest BCUT2D eigenvalue weighted by molar-refractivity contribution is 5.87. The van der Waals surface area contributed by atoms with Crippen molar-refractivity contribution in [3.63, 3.8) is 0 Å². The summed E-state index contributed by atoms with van der Waals surface area (Å²) in [5.74, 6) is 0.704. The lowest BCUT2D eigenvalue weighted by Crippen LogP contribution is -2.36. The van der Waals surface area contributed by atoms with Crippen LogP contribution in [0.1, 0.15) is 29.0 Å². The highest BCUT2D eigenvalue weighted by atomic mass is 16.5. The van der Waals surface area contributed by atoms with Crippen molar-refractivity contribution < 1.29 is 13.9 Å². The molecule has 0 aromatic carbocycles. The van der Waals surface area contributed by atoms with Crippen LogP contribution in [0.4, 0.5) is 0 Å². The Hall–Kier alpha value is -1.33. The first-order chi connectivity index (χ1) is 9.24. The van der Waals surface area contributed by atoms with Crippen LogP contribution in [0.2, 0.25) is 0 Å². The Morgan fingerprint density at radius 2 is 2.26 bits per heavy atom. The molecule has 5 nitrogen and oxygen atoms in total. The Bertz CT molecular complexity index is 409. The van der Waals surface area contributed by atoms with E-state index in [9.17, 15) is 4.79 Å². The number of rotatable bonds is 5. The lowest BCUT2D eigenvalue weighted by Gasteiger charge is -2.31. The molecule has 2 heterocycles. The van der Waals surface area contributed by atoms with Crippen molar-refractivity contribution in [2.75, 3.05) is 33.8 Å². The van der Waals surface area contributed by atoms with Crippen molar-refractivity contribution in [2.45, 2.75) is 19.4 Å². The van der Waals surface area contributed by atoms with Gasteiger partial charge in [0.15, 0.2) is 0 Å². The predicted octanol–water partition coefficient (Wildman–Crippen LogP) is 1.50. The van der Waals surface area contributed by atoms with Gasteiger partial charge in [0.1, 0.15) is 0 Å². The second kappa shape index (κ2) is 6.73. The van der Waals surface area contributed by atoms with E-state index in [4.69, 9.17) is 9.15 Å². The van der Waals surface area contributed by atoms with Crippen LogP contribution in [-0.2, 0) is 11.3 Å². The quantitative estimate of drug-likeness (QED) is 0.818. The van der Waals surface area contributed by atoms with Crippen LogP contribution < -0.4 is 5.32 Å². The highest BCUT2D eigenvalue weighted by Gasteiger charge is 2.22. The maximum atomic E-state index is 11.5. The number of nitrogens with one attached hydrogen (secondary N) is 1. The van der Waals surface area contributed by atoms with Crippen molar-refractivity contribution in [2.24, 2.45) is 5.92 Å². The van der Waals surface area contributed by atoms with Crippen LogP contribution in [0, 0.1) is 5.92 Å². The zero-order valence-corrected chi connectivity index (χ0v) is 11.6. The Balaban J connectivity index is 1.89. The van der Waals surface area contributed by atoms with Gasteiger partial charge in [-0.05, 0) is 51.5 Å². The average Bonchev–Trinajstić information content (AvgIpc) is 2.88. The van der Waals surface area contributed by atoms with Gasteiger partial charge in [0.25, 0.3) is 0 Å². The molecule has 0 atom stereocenters. The van der Waals surface area contributed by atoms with E-state index in [1.54, 1.807) is 6.26 Å². The van der Waals surface area contributed by atoms with E-state index >= 15 is 0 Å². The lowest BCUT2D eigenvalue weighted by atomic mass is 9.96. The van der Waals surface area contributed by atoms with Crippen LogP contribution in [0.3, 0.4) is 0 Å². The topological polar surface area (TPSA) is 54.7 Å². The van der Waals surface area contributed by atoms with Crippen LogP contribution in [-0.4, -0.2) is 44.7 Å². The van der Waals surface area contributed by atoms with E-state index in [1.807, 2.05) is 13.1 Å². The molecule has 106 valence electrons. The number of esters is 1. The molecule has 1 aliphatic heterocycles. The van der Waals surface area contributed by atoms with Crippen molar-refractivity contribution in [1.82, 2.24) is 10.2 Å². The maximum absolute atomic E-state index is 11.5. The fourth-order valence-corrected chi connectivity index (χ4v) is 2.61. The molecule has 0 saturated carbocycles.